The van der Waals surface area contributed by atoms with Crippen molar-refractivity contribution in [3.05, 3.63) is 122 Å². The highest BCUT2D eigenvalue weighted by Crippen LogP contribution is 2.05. The number of hydrogen-bond donors (Lipinski definition) is 1. The summed E-state index contributed by atoms with van der Waals surface area (Å²) in [5, 5.41) is 12.6. The van der Waals surface area contributed by atoms with Crippen LogP contribution in [0.4, 0.5) is 0 Å². The first-order chi connectivity index (χ1) is 15.7. The van der Waals surface area contributed by atoms with Crippen molar-refractivity contribution < 1.29 is 4.79 Å². The zero-order valence-electron chi connectivity index (χ0n) is 17.1. The van der Waals surface area contributed by atoms with Crippen molar-refractivity contribution in [2.75, 3.05) is 0 Å². The minimum Gasteiger partial charge on any atom is -0.347 e. The summed E-state index contributed by atoms with van der Waals surface area (Å²) in [7, 11) is 0. The van der Waals surface area contributed by atoms with Gasteiger partial charge in [0.05, 0.1) is 10.2 Å². The van der Waals surface area contributed by atoms with Crippen molar-refractivity contribution in [1.29, 1.82) is 5.26 Å². The molecule has 1 N–H and O–H groups in total. The van der Waals surface area contributed by atoms with Gasteiger partial charge < -0.3 is 5.32 Å². The molecular formula is C26H19N3O2S. The standard InChI is InChI=1S/C26H19N3O2S/c27-17-22(24(30)28-18-20-12-6-2-7-13-20)26-29(21-14-8-3-9-15-21)25(31)23(32-26)16-19-10-4-1-5-11-19/h1-16H,18H2,(H,28,30)/b23-16+,26-22+. The first-order valence-electron chi connectivity index (χ1n) is 9.98. The third kappa shape index (κ3) is 4.59. The van der Waals surface area contributed by atoms with Gasteiger partial charge in [0.2, 0.25) is 0 Å². The molecule has 1 heterocycles. The van der Waals surface area contributed by atoms with Crippen molar-refractivity contribution in [3.8, 4) is 11.8 Å². The Morgan fingerprint density at radius 2 is 1.53 bits per heavy atom. The molecule has 1 aromatic heterocycles. The Labute approximate surface area is 188 Å². The smallest absolute Gasteiger partial charge is 0.273 e. The average Bonchev–Trinajstić information content (AvgIpc) is 3.15. The number of hydrogen-bond acceptors (Lipinski definition) is 4. The van der Waals surface area contributed by atoms with Crippen LogP contribution in [0, 0.1) is 11.3 Å². The molecular weight excluding hydrogens is 418 g/mol. The second kappa shape index (κ2) is 9.73. The largest absolute Gasteiger partial charge is 0.347 e. The molecule has 156 valence electrons. The van der Waals surface area contributed by atoms with E-state index in [-0.39, 0.29) is 17.7 Å². The predicted octanol–water partition coefficient (Wildman–Crippen LogP) is 2.72. The summed E-state index contributed by atoms with van der Waals surface area (Å²) in [4.78, 5) is 26.2. The van der Waals surface area contributed by atoms with E-state index in [1.54, 1.807) is 18.2 Å². The van der Waals surface area contributed by atoms with Crippen molar-refractivity contribution >= 4 is 28.9 Å². The fourth-order valence-electron chi connectivity index (χ4n) is 3.22. The minimum absolute atomic E-state index is 0.0976. The molecule has 4 rings (SSSR count). The van der Waals surface area contributed by atoms with Crippen molar-refractivity contribution in [1.82, 2.24) is 9.88 Å². The predicted molar refractivity (Wildman–Crippen MR) is 126 cm³/mol. The highest BCUT2D eigenvalue weighted by atomic mass is 32.1. The zero-order valence-corrected chi connectivity index (χ0v) is 17.9. The highest BCUT2D eigenvalue weighted by molar-refractivity contribution is 7.07. The lowest BCUT2D eigenvalue weighted by atomic mass is 10.2. The van der Waals surface area contributed by atoms with Gasteiger partial charge >= 0.3 is 0 Å². The zero-order chi connectivity index (χ0) is 22.3. The number of rotatable bonds is 5. The molecule has 1 amide bonds. The van der Waals surface area contributed by atoms with Crippen molar-refractivity contribution in [2.45, 2.75) is 6.54 Å². The maximum absolute atomic E-state index is 13.3. The Hall–Kier alpha value is -4.21. The van der Waals surface area contributed by atoms with Gasteiger partial charge in [-0.1, -0.05) is 78.9 Å². The molecule has 32 heavy (non-hydrogen) atoms. The quantitative estimate of drug-likeness (QED) is 0.522. The lowest BCUT2D eigenvalue weighted by Crippen LogP contribution is -2.33. The van der Waals surface area contributed by atoms with Crippen LogP contribution in [0.5, 0.6) is 0 Å². The molecule has 0 aliphatic carbocycles. The normalized spacial score (nSPS) is 12.2. The molecule has 0 unspecified atom stereocenters. The first kappa shape index (κ1) is 21.0. The van der Waals surface area contributed by atoms with E-state index in [9.17, 15) is 14.9 Å². The lowest BCUT2D eigenvalue weighted by molar-refractivity contribution is -0.115. The lowest BCUT2D eigenvalue weighted by Gasteiger charge is -2.06. The molecule has 0 radical (unpaired) electrons. The van der Waals surface area contributed by atoms with Gasteiger partial charge in [0, 0.05) is 6.54 Å². The van der Waals surface area contributed by atoms with Gasteiger partial charge in [0.25, 0.3) is 11.5 Å². The topological polar surface area (TPSA) is 74.9 Å². The second-order valence-corrected chi connectivity index (χ2v) is 7.99. The Kier molecular flexibility index (Phi) is 6.40. The Bertz CT molecular complexity index is 1450. The first-order valence-corrected chi connectivity index (χ1v) is 10.8. The number of nitriles is 1. The van der Waals surface area contributed by atoms with E-state index in [0.717, 1.165) is 22.5 Å². The molecule has 0 aliphatic rings. The summed E-state index contributed by atoms with van der Waals surface area (Å²) in [6.07, 6.45) is 1.77. The third-order valence-electron chi connectivity index (χ3n) is 4.78. The number of carbonyl (C=O) groups excluding carboxylic acids is 1. The maximum atomic E-state index is 13.3. The van der Waals surface area contributed by atoms with Crippen LogP contribution in [0.2, 0.25) is 0 Å². The van der Waals surface area contributed by atoms with Gasteiger partial charge in [-0.05, 0) is 29.3 Å². The molecule has 3 aromatic carbocycles. The van der Waals surface area contributed by atoms with E-state index in [0.29, 0.717) is 14.9 Å². The highest BCUT2D eigenvalue weighted by Gasteiger charge is 2.16. The van der Waals surface area contributed by atoms with Crippen molar-refractivity contribution in [3.63, 3.8) is 0 Å². The molecule has 6 heteroatoms. The number of amides is 1. The molecule has 0 saturated carbocycles. The van der Waals surface area contributed by atoms with Gasteiger partial charge in [-0.25, -0.2) is 0 Å². The third-order valence-corrected chi connectivity index (χ3v) is 5.88. The summed E-state index contributed by atoms with van der Waals surface area (Å²) >= 11 is 1.13. The van der Waals surface area contributed by atoms with Gasteiger partial charge in [0.15, 0.2) is 5.57 Å². The van der Waals surface area contributed by atoms with Crippen LogP contribution in [-0.4, -0.2) is 10.5 Å². The summed E-state index contributed by atoms with van der Waals surface area (Å²) in [5.74, 6) is -0.520. The molecule has 0 fully saturated rings. The Morgan fingerprint density at radius 3 is 2.16 bits per heavy atom. The number of nitrogens with one attached hydrogen (secondary N) is 1. The molecule has 5 nitrogen and oxygen atoms in total. The van der Waals surface area contributed by atoms with Crippen molar-refractivity contribution in [2.24, 2.45) is 0 Å². The number of thiazole rings is 1. The number of para-hydroxylation sites is 1. The van der Waals surface area contributed by atoms with Crippen LogP contribution >= 0.6 is 11.3 Å². The number of carbonyl (C=O) groups is 1. The van der Waals surface area contributed by atoms with Gasteiger partial charge in [-0.2, -0.15) is 5.26 Å². The number of aromatic nitrogens is 1. The summed E-state index contributed by atoms with van der Waals surface area (Å²) in [6.45, 7) is 0.287. The molecule has 4 aromatic rings. The summed E-state index contributed by atoms with van der Waals surface area (Å²) in [6, 6.07) is 30.0. The minimum atomic E-state index is -0.520. The van der Waals surface area contributed by atoms with Crippen LogP contribution in [0.1, 0.15) is 11.1 Å². The summed E-state index contributed by atoms with van der Waals surface area (Å²) in [5.41, 5.74) is 2.01. The Morgan fingerprint density at radius 1 is 0.938 bits per heavy atom. The molecule has 0 atom stereocenters. The number of benzene rings is 3. The summed E-state index contributed by atoms with van der Waals surface area (Å²) < 4.78 is 2.18. The molecule has 0 aliphatic heterocycles. The Balaban J connectivity index is 1.87. The van der Waals surface area contributed by atoms with E-state index in [1.807, 2.05) is 84.9 Å². The fourth-order valence-corrected chi connectivity index (χ4v) is 4.33. The van der Waals surface area contributed by atoms with Crippen LogP contribution in [0.15, 0.2) is 95.8 Å². The van der Waals surface area contributed by atoms with E-state index in [4.69, 9.17) is 0 Å². The average molecular weight is 438 g/mol. The monoisotopic (exact) mass is 437 g/mol. The van der Waals surface area contributed by atoms with Gasteiger partial charge in [-0.3, -0.25) is 14.2 Å². The second-order valence-electron chi connectivity index (χ2n) is 6.96. The van der Waals surface area contributed by atoms with E-state index in [1.165, 1.54) is 4.57 Å². The van der Waals surface area contributed by atoms with E-state index < -0.39 is 5.91 Å². The van der Waals surface area contributed by atoms with E-state index >= 15 is 0 Å². The van der Waals surface area contributed by atoms with Crippen LogP contribution in [0.25, 0.3) is 17.3 Å². The van der Waals surface area contributed by atoms with Crippen LogP contribution in [0.3, 0.4) is 0 Å². The van der Waals surface area contributed by atoms with E-state index in [2.05, 4.69) is 5.32 Å². The SMILES string of the molecule is N#C/C(C(=O)NCc1ccccc1)=c1\s/c(=C/c2ccccc2)c(=O)n1-c1ccccc1. The van der Waals surface area contributed by atoms with Crippen LogP contribution in [-0.2, 0) is 11.3 Å². The molecule has 0 bridgehead atoms. The molecule has 0 saturated heterocycles. The maximum Gasteiger partial charge on any atom is 0.273 e. The van der Waals surface area contributed by atoms with Crippen LogP contribution < -0.4 is 20.1 Å². The number of nitrogens with zero attached hydrogens (tertiary/aromatic N) is 2. The van der Waals surface area contributed by atoms with Gasteiger partial charge in [0.1, 0.15) is 10.7 Å². The fraction of sp³-hybridized carbons (Fsp3) is 0.0385. The van der Waals surface area contributed by atoms with Gasteiger partial charge in [-0.15, -0.1) is 11.3 Å². The molecule has 0 spiro atoms.